The minimum Gasteiger partial charge on any atom is -0.481 e. The van der Waals surface area contributed by atoms with Gasteiger partial charge in [-0.25, -0.2) is 0 Å². The Labute approximate surface area is 139 Å². The van der Waals surface area contributed by atoms with Crippen LogP contribution in [0.3, 0.4) is 0 Å². The van der Waals surface area contributed by atoms with Crippen LogP contribution in [-0.4, -0.2) is 35.9 Å². The SMILES string of the molecule is COC1(CC(C)NC(CCC(=O)O)Cc2ccccc2)CCC1. The Morgan fingerprint density at radius 2 is 2.04 bits per heavy atom. The van der Waals surface area contributed by atoms with E-state index in [2.05, 4.69) is 24.4 Å². The number of hydrogen-bond donors (Lipinski definition) is 2. The first-order valence-corrected chi connectivity index (χ1v) is 8.60. The Bertz CT molecular complexity index is 479. The van der Waals surface area contributed by atoms with Crippen molar-refractivity contribution in [2.24, 2.45) is 0 Å². The van der Waals surface area contributed by atoms with Gasteiger partial charge in [0.1, 0.15) is 0 Å². The third kappa shape index (κ3) is 5.63. The first kappa shape index (κ1) is 18.0. The van der Waals surface area contributed by atoms with Gasteiger partial charge in [-0.15, -0.1) is 0 Å². The lowest BCUT2D eigenvalue weighted by molar-refractivity contribution is -0.137. The van der Waals surface area contributed by atoms with Gasteiger partial charge in [0.05, 0.1) is 5.60 Å². The summed E-state index contributed by atoms with van der Waals surface area (Å²) >= 11 is 0. The van der Waals surface area contributed by atoms with Crippen molar-refractivity contribution < 1.29 is 14.6 Å². The quantitative estimate of drug-likeness (QED) is 0.694. The highest BCUT2D eigenvalue weighted by atomic mass is 16.5. The molecule has 2 rings (SSSR count). The van der Waals surface area contributed by atoms with Gasteiger partial charge in [0.15, 0.2) is 0 Å². The molecule has 1 aromatic carbocycles. The number of carboxylic acids is 1. The van der Waals surface area contributed by atoms with Crippen LogP contribution in [0.25, 0.3) is 0 Å². The molecule has 4 nitrogen and oxygen atoms in total. The Hall–Kier alpha value is -1.39. The Kier molecular flexibility index (Phi) is 6.60. The smallest absolute Gasteiger partial charge is 0.303 e. The van der Waals surface area contributed by atoms with Crippen molar-refractivity contribution in [3.63, 3.8) is 0 Å². The zero-order valence-electron chi connectivity index (χ0n) is 14.3. The zero-order valence-corrected chi connectivity index (χ0v) is 14.3. The second kappa shape index (κ2) is 8.46. The highest BCUT2D eigenvalue weighted by Crippen LogP contribution is 2.38. The Morgan fingerprint density at radius 3 is 2.57 bits per heavy atom. The van der Waals surface area contributed by atoms with Gasteiger partial charge in [-0.1, -0.05) is 30.3 Å². The van der Waals surface area contributed by atoms with Crippen LogP contribution in [-0.2, 0) is 16.0 Å². The molecule has 2 N–H and O–H groups in total. The lowest BCUT2D eigenvalue weighted by atomic mass is 9.75. The predicted molar refractivity (Wildman–Crippen MR) is 91.6 cm³/mol. The van der Waals surface area contributed by atoms with E-state index in [1.54, 1.807) is 7.11 Å². The summed E-state index contributed by atoms with van der Waals surface area (Å²) in [4.78, 5) is 10.9. The van der Waals surface area contributed by atoms with E-state index in [1.807, 2.05) is 18.2 Å². The Balaban J connectivity index is 1.91. The van der Waals surface area contributed by atoms with Gasteiger partial charge in [-0.3, -0.25) is 4.79 Å². The second-order valence-corrected chi connectivity index (χ2v) is 6.83. The maximum atomic E-state index is 10.9. The van der Waals surface area contributed by atoms with Crippen LogP contribution >= 0.6 is 0 Å². The number of methoxy groups -OCH3 is 1. The van der Waals surface area contributed by atoms with E-state index in [0.29, 0.717) is 12.5 Å². The van der Waals surface area contributed by atoms with Crippen LogP contribution in [0.5, 0.6) is 0 Å². The van der Waals surface area contributed by atoms with Gasteiger partial charge in [0.2, 0.25) is 0 Å². The number of carboxylic acid groups (broad SMARTS) is 1. The standard InChI is InChI=1S/C19H29NO3/c1-15(14-19(23-2)11-6-12-19)20-17(9-10-18(21)22)13-16-7-4-3-5-8-16/h3-5,7-8,15,17,20H,6,9-14H2,1-2H3,(H,21,22). The van der Waals surface area contributed by atoms with Gasteiger partial charge < -0.3 is 15.2 Å². The van der Waals surface area contributed by atoms with E-state index in [9.17, 15) is 4.79 Å². The molecule has 0 amide bonds. The topological polar surface area (TPSA) is 58.6 Å². The number of hydrogen-bond acceptors (Lipinski definition) is 3. The molecule has 2 atom stereocenters. The molecule has 1 fully saturated rings. The van der Waals surface area contributed by atoms with Crippen molar-refractivity contribution in [2.45, 2.75) is 69.6 Å². The molecule has 0 aromatic heterocycles. The van der Waals surface area contributed by atoms with Crippen LogP contribution in [0.2, 0.25) is 0 Å². The normalized spacial score (nSPS) is 18.9. The molecular weight excluding hydrogens is 290 g/mol. The molecule has 1 aromatic rings. The molecule has 0 spiro atoms. The summed E-state index contributed by atoms with van der Waals surface area (Å²) in [5.74, 6) is -0.732. The van der Waals surface area contributed by atoms with E-state index in [4.69, 9.17) is 9.84 Å². The summed E-state index contributed by atoms with van der Waals surface area (Å²) in [6, 6.07) is 10.8. The van der Waals surface area contributed by atoms with Crippen molar-refractivity contribution in [3.05, 3.63) is 35.9 Å². The van der Waals surface area contributed by atoms with Crippen molar-refractivity contribution >= 4 is 5.97 Å². The third-order valence-electron chi connectivity index (χ3n) is 4.93. The highest BCUT2D eigenvalue weighted by Gasteiger charge is 2.38. The fourth-order valence-corrected chi connectivity index (χ4v) is 3.52. The first-order chi connectivity index (χ1) is 11.0. The van der Waals surface area contributed by atoms with Crippen molar-refractivity contribution in [2.75, 3.05) is 7.11 Å². The van der Waals surface area contributed by atoms with Crippen LogP contribution < -0.4 is 5.32 Å². The predicted octanol–water partition coefficient (Wildman–Crippen LogP) is 3.40. The average Bonchev–Trinajstić information content (AvgIpc) is 2.49. The van der Waals surface area contributed by atoms with E-state index in [-0.39, 0.29) is 18.1 Å². The first-order valence-electron chi connectivity index (χ1n) is 8.60. The van der Waals surface area contributed by atoms with Gasteiger partial charge >= 0.3 is 5.97 Å². The minimum atomic E-state index is -0.732. The Morgan fingerprint density at radius 1 is 1.35 bits per heavy atom. The molecule has 0 heterocycles. The number of benzene rings is 1. The van der Waals surface area contributed by atoms with Crippen LogP contribution in [0.1, 0.15) is 51.0 Å². The molecular formula is C19H29NO3. The molecule has 1 saturated carbocycles. The van der Waals surface area contributed by atoms with Gasteiger partial charge in [0.25, 0.3) is 0 Å². The molecule has 0 saturated heterocycles. The maximum Gasteiger partial charge on any atom is 0.303 e. The summed E-state index contributed by atoms with van der Waals surface area (Å²) in [6.45, 7) is 2.18. The van der Waals surface area contributed by atoms with E-state index >= 15 is 0 Å². The zero-order chi connectivity index (χ0) is 16.7. The summed E-state index contributed by atoms with van der Waals surface area (Å²) in [7, 11) is 1.80. The summed E-state index contributed by atoms with van der Waals surface area (Å²) in [6.07, 6.45) is 6.20. The van der Waals surface area contributed by atoms with Gasteiger partial charge in [-0.05, 0) is 51.0 Å². The third-order valence-corrected chi connectivity index (χ3v) is 4.93. The molecule has 1 aliphatic carbocycles. The minimum absolute atomic E-state index is 0.0382. The molecule has 128 valence electrons. The monoisotopic (exact) mass is 319 g/mol. The van der Waals surface area contributed by atoms with E-state index in [0.717, 1.165) is 25.7 Å². The fraction of sp³-hybridized carbons (Fsp3) is 0.632. The van der Waals surface area contributed by atoms with Crippen LogP contribution in [0.15, 0.2) is 30.3 Å². The molecule has 0 radical (unpaired) electrons. The summed E-state index contributed by atoms with van der Waals surface area (Å²) in [5.41, 5.74) is 1.28. The van der Waals surface area contributed by atoms with Gasteiger partial charge in [0, 0.05) is 25.6 Å². The fourth-order valence-electron chi connectivity index (χ4n) is 3.52. The number of nitrogens with one attached hydrogen (secondary N) is 1. The average molecular weight is 319 g/mol. The molecule has 1 aliphatic rings. The van der Waals surface area contributed by atoms with Crippen molar-refractivity contribution in [3.8, 4) is 0 Å². The summed E-state index contributed by atoms with van der Waals surface area (Å²) in [5, 5.41) is 12.6. The van der Waals surface area contributed by atoms with E-state index in [1.165, 1.54) is 12.0 Å². The van der Waals surface area contributed by atoms with Crippen molar-refractivity contribution in [1.29, 1.82) is 0 Å². The van der Waals surface area contributed by atoms with Crippen molar-refractivity contribution in [1.82, 2.24) is 5.32 Å². The number of rotatable bonds is 10. The van der Waals surface area contributed by atoms with E-state index < -0.39 is 5.97 Å². The van der Waals surface area contributed by atoms with Gasteiger partial charge in [-0.2, -0.15) is 0 Å². The largest absolute Gasteiger partial charge is 0.481 e. The molecule has 0 aliphatic heterocycles. The molecule has 4 heteroatoms. The highest BCUT2D eigenvalue weighted by molar-refractivity contribution is 5.66. The summed E-state index contributed by atoms with van der Waals surface area (Å²) < 4.78 is 5.71. The van der Waals surface area contributed by atoms with Crippen LogP contribution in [0, 0.1) is 0 Å². The van der Waals surface area contributed by atoms with Crippen LogP contribution in [0.4, 0.5) is 0 Å². The number of carbonyl (C=O) groups is 1. The maximum absolute atomic E-state index is 10.9. The molecule has 0 bridgehead atoms. The lowest BCUT2D eigenvalue weighted by Crippen LogP contribution is -2.47. The molecule has 2 unspecified atom stereocenters. The number of aliphatic carboxylic acids is 1. The molecule has 23 heavy (non-hydrogen) atoms. The lowest BCUT2D eigenvalue weighted by Gasteiger charge is -2.43. The number of ether oxygens (including phenoxy) is 1. The second-order valence-electron chi connectivity index (χ2n) is 6.83.